The van der Waals surface area contributed by atoms with Crippen LogP contribution in [-0.4, -0.2) is 5.78 Å². The Balaban J connectivity index is 2.23. The second-order valence-corrected chi connectivity index (χ2v) is 3.61. The van der Waals surface area contributed by atoms with E-state index in [2.05, 4.69) is 6.07 Å². The van der Waals surface area contributed by atoms with Crippen LogP contribution in [0, 0.1) is 11.3 Å². The molecule has 0 aliphatic rings. The maximum Gasteiger partial charge on any atom is 0.283 e. The van der Waals surface area contributed by atoms with Gasteiger partial charge in [-0.25, -0.2) is 0 Å². The van der Waals surface area contributed by atoms with Crippen LogP contribution in [0.1, 0.15) is 16.1 Å². The van der Waals surface area contributed by atoms with Crippen LogP contribution in [0.2, 0.25) is 0 Å². The minimum atomic E-state index is -0.00157. The van der Waals surface area contributed by atoms with Crippen LogP contribution in [0.4, 0.5) is 0 Å². The molecular formula is C14H11N2O+. The topological polar surface area (TPSA) is 44.7 Å². The second kappa shape index (κ2) is 5.04. The van der Waals surface area contributed by atoms with E-state index in [0.717, 1.165) is 0 Å². The number of hydrogen-bond acceptors (Lipinski definition) is 2. The normalized spacial score (nSPS) is 9.59. The molecule has 0 aliphatic heterocycles. The van der Waals surface area contributed by atoms with Gasteiger partial charge in [0.15, 0.2) is 12.3 Å². The van der Waals surface area contributed by atoms with Crippen molar-refractivity contribution in [1.82, 2.24) is 0 Å². The van der Waals surface area contributed by atoms with Crippen molar-refractivity contribution >= 4 is 5.78 Å². The highest BCUT2D eigenvalue weighted by Crippen LogP contribution is 2.00. The standard InChI is InChI=1S/C14H11N2O/c15-10-13-8-4-5-9-16(13)11-14(17)12-6-2-1-3-7-12/h1-9H,11H2/q+1. The molecule has 1 aromatic heterocycles. The molecule has 82 valence electrons. The number of carbonyl (C=O) groups excluding carboxylic acids is 1. The molecule has 2 aromatic rings. The molecule has 0 unspecified atom stereocenters. The van der Waals surface area contributed by atoms with Crippen molar-refractivity contribution in [1.29, 1.82) is 5.26 Å². The van der Waals surface area contributed by atoms with Crippen molar-refractivity contribution in [2.45, 2.75) is 6.54 Å². The molecular weight excluding hydrogens is 212 g/mol. The first-order valence-electron chi connectivity index (χ1n) is 5.28. The number of aromatic nitrogens is 1. The number of carbonyl (C=O) groups is 1. The van der Waals surface area contributed by atoms with Crippen LogP contribution in [0.15, 0.2) is 54.7 Å². The third-order valence-corrected chi connectivity index (χ3v) is 2.46. The highest BCUT2D eigenvalue weighted by molar-refractivity contribution is 5.94. The monoisotopic (exact) mass is 223 g/mol. The molecule has 0 spiro atoms. The lowest BCUT2D eigenvalue weighted by Gasteiger charge is -1.98. The molecule has 0 amide bonds. The van der Waals surface area contributed by atoms with Crippen molar-refractivity contribution in [2.75, 3.05) is 0 Å². The number of pyridine rings is 1. The van der Waals surface area contributed by atoms with Gasteiger partial charge in [-0.15, -0.1) is 0 Å². The molecule has 0 saturated heterocycles. The van der Waals surface area contributed by atoms with E-state index >= 15 is 0 Å². The van der Waals surface area contributed by atoms with Crippen LogP contribution in [0.3, 0.4) is 0 Å². The van der Waals surface area contributed by atoms with Crippen molar-refractivity contribution in [3.63, 3.8) is 0 Å². The Morgan fingerprint density at radius 1 is 1.12 bits per heavy atom. The van der Waals surface area contributed by atoms with Crippen LogP contribution in [0.5, 0.6) is 0 Å². The Bertz CT molecular complexity index is 570. The van der Waals surface area contributed by atoms with Gasteiger partial charge < -0.3 is 0 Å². The Morgan fingerprint density at radius 2 is 1.82 bits per heavy atom. The third-order valence-electron chi connectivity index (χ3n) is 2.46. The quantitative estimate of drug-likeness (QED) is 0.587. The van der Waals surface area contributed by atoms with Crippen molar-refractivity contribution < 1.29 is 9.36 Å². The van der Waals surface area contributed by atoms with E-state index in [9.17, 15) is 4.79 Å². The summed E-state index contributed by atoms with van der Waals surface area (Å²) in [6.45, 7) is 0.188. The molecule has 0 saturated carbocycles. The van der Waals surface area contributed by atoms with Gasteiger partial charge in [-0.2, -0.15) is 9.83 Å². The zero-order valence-electron chi connectivity index (χ0n) is 9.21. The lowest BCUT2D eigenvalue weighted by Crippen LogP contribution is -2.40. The zero-order chi connectivity index (χ0) is 12.1. The fraction of sp³-hybridized carbons (Fsp3) is 0.0714. The summed E-state index contributed by atoms with van der Waals surface area (Å²) in [5, 5.41) is 8.92. The number of hydrogen-bond donors (Lipinski definition) is 0. The summed E-state index contributed by atoms with van der Waals surface area (Å²) in [7, 11) is 0. The van der Waals surface area contributed by atoms with E-state index in [1.54, 1.807) is 41.1 Å². The summed E-state index contributed by atoms with van der Waals surface area (Å²) in [5.74, 6) is -0.00157. The second-order valence-electron chi connectivity index (χ2n) is 3.61. The third kappa shape index (κ3) is 2.56. The first-order chi connectivity index (χ1) is 8.31. The molecule has 17 heavy (non-hydrogen) atoms. The van der Waals surface area contributed by atoms with Gasteiger partial charge in [0.05, 0.1) is 0 Å². The fourth-order valence-electron chi connectivity index (χ4n) is 1.59. The lowest BCUT2D eigenvalue weighted by molar-refractivity contribution is -0.685. The van der Waals surface area contributed by atoms with Crippen LogP contribution in [-0.2, 0) is 6.54 Å². The van der Waals surface area contributed by atoms with Gasteiger partial charge in [-0.1, -0.05) is 30.3 Å². The number of nitriles is 1. The van der Waals surface area contributed by atoms with E-state index in [0.29, 0.717) is 11.3 Å². The molecule has 3 heteroatoms. The predicted molar refractivity (Wildman–Crippen MR) is 62.1 cm³/mol. The van der Waals surface area contributed by atoms with Crippen molar-refractivity contribution in [3.8, 4) is 6.07 Å². The minimum Gasteiger partial charge on any atom is -0.287 e. The Kier molecular flexibility index (Phi) is 3.27. The highest BCUT2D eigenvalue weighted by Gasteiger charge is 2.15. The average Bonchev–Trinajstić information content (AvgIpc) is 2.40. The predicted octanol–water partition coefficient (Wildman–Crippen LogP) is 1.73. The van der Waals surface area contributed by atoms with Gasteiger partial charge in [-0.05, 0) is 6.07 Å². The Hall–Kier alpha value is -2.47. The van der Waals surface area contributed by atoms with Crippen molar-refractivity contribution in [2.24, 2.45) is 0 Å². The van der Waals surface area contributed by atoms with Crippen LogP contribution in [0.25, 0.3) is 0 Å². The number of Topliss-reactive ketones (excluding diaryl/α,β-unsaturated/α-hetero) is 1. The summed E-state index contributed by atoms with van der Waals surface area (Å²) >= 11 is 0. The summed E-state index contributed by atoms with van der Waals surface area (Å²) in [5.41, 5.74) is 1.14. The van der Waals surface area contributed by atoms with Gasteiger partial charge in [0.1, 0.15) is 0 Å². The molecule has 1 aromatic carbocycles. The number of ketones is 1. The molecule has 0 fully saturated rings. The molecule has 3 nitrogen and oxygen atoms in total. The Morgan fingerprint density at radius 3 is 2.53 bits per heavy atom. The number of benzene rings is 1. The summed E-state index contributed by atoms with van der Waals surface area (Å²) in [6, 6.07) is 16.4. The Labute approximate surface area is 99.6 Å². The molecule has 0 radical (unpaired) electrons. The highest BCUT2D eigenvalue weighted by atomic mass is 16.1. The minimum absolute atomic E-state index is 0.00157. The van der Waals surface area contributed by atoms with E-state index in [-0.39, 0.29) is 12.3 Å². The smallest absolute Gasteiger partial charge is 0.283 e. The molecule has 0 bridgehead atoms. The molecule has 0 N–H and O–H groups in total. The van der Waals surface area contributed by atoms with Crippen LogP contribution >= 0.6 is 0 Å². The fourth-order valence-corrected chi connectivity index (χ4v) is 1.59. The maximum atomic E-state index is 12.0. The molecule has 2 rings (SSSR count). The first kappa shape index (κ1) is 11.0. The summed E-state index contributed by atoms with van der Waals surface area (Å²) < 4.78 is 1.65. The largest absolute Gasteiger partial charge is 0.287 e. The SMILES string of the molecule is N#Cc1cccc[n+]1CC(=O)c1ccccc1. The van der Waals surface area contributed by atoms with Gasteiger partial charge in [0.25, 0.3) is 5.69 Å². The number of rotatable bonds is 3. The van der Waals surface area contributed by atoms with E-state index in [1.807, 2.05) is 18.2 Å². The van der Waals surface area contributed by atoms with E-state index in [4.69, 9.17) is 5.26 Å². The average molecular weight is 223 g/mol. The molecule has 1 heterocycles. The van der Waals surface area contributed by atoms with Gasteiger partial charge >= 0.3 is 0 Å². The van der Waals surface area contributed by atoms with Crippen LogP contribution < -0.4 is 4.57 Å². The van der Waals surface area contributed by atoms with Gasteiger partial charge in [-0.3, -0.25) is 4.79 Å². The van der Waals surface area contributed by atoms with Crippen molar-refractivity contribution in [3.05, 3.63) is 66.0 Å². The lowest BCUT2D eigenvalue weighted by atomic mass is 10.1. The summed E-state index contributed by atoms with van der Waals surface area (Å²) in [6.07, 6.45) is 1.74. The summed E-state index contributed by atoms with van der Waals surface area (Å²) in [4.78, 5) is 12.0. The van der Waals surface area contributed by atoms with E-state index in [1.165, 1.54) is 0 Å². The molecule has 0 aliphatic carbocycles. The van der Waals surface area contributed by atoms with Gasteiger partial charge in [0, 0.05) is 17.7 Å². The maximum absolute atomic E-state index is 12.0. The molecule has 0 atom stereocenters. The van der Waals surface area contributed by atoms with E-state index < -0.39 is 0 Å². The number of nitrogens with zero attached hydrogens (tertiary/aromatic N) is 2. The van der Waals surface area contributed by atoms with Gasteiger partial charge in [0.2, 0.25) is 12.3 Å². The zero-order valence-corrected chi connectivity index (χ0v) is 9.21. The first-order valence-corrected chi connectivity index (χ1v) is 5.28.